The lowest BCUT2D eigenvalue weighted by molar-refractivity contribution is -0.0997. The Balaban J connectivity index is 0.000000160. The Morgan fingerprint density at radius 1 is 1.06 bits per heavy atom. The van der Waals surface area contributed by atoms with E-state index in [1.807, 2.05) is 0 Å². The van der Waals surface area contributed by atoms with Gasteiger partial charge in [-0.1, -0.05) is 18.8 Å². The maximum Gasteiger partial charge on any atom is 0.101 e. The van der Waals surface area contributed by atoms with Crippen molar-refractivity contribution in [3.63, 3.8) is 0 Å². The highest BCUT2D eigenvalue weighted by Gasteiger charge is 2.35. The average molecular weight is 222 g/mol. The molecule has 0 bridgehead atoms. The molecule has 2 aliphatic heterocycles. The molecule has 0 radical (unpaired) electrons. The minimum Gasteiger partial charge on any atom is -0.395 e. The number of rotatable bonds is 2. The first-order chi connectivity index (χ1) is 7.66. The number of hydrogen-bond acceptors (Lipinski definition) is 3. The standard InChI is InChI=1S/C7H10O.C6H8O2/c1-3-7(4-2)5-8-6-7;1-2-6(3-7)4-8-5-6/h1H,4-6H2,2H3;1,7H,3-5H2. The van der Waals surface area contributed by atoms with Crippen molar-refractivity contribution in [3.8, 4) is 24.7 Å². The van der Waals surface area contributed by atoms with Crippen LogP contribution in [0.3, 0.4) is 0 Å². The van der Waals surface area contributed by atoms with Crippen LogP contribution in [0.15, 0.2) is 0 Å². The number of hydrogen-bond donors (Lipinski definition) is 1. The minimum absolute atomic E-state index is 0.0451. The van der Waals surface area contributed by atoms with E-state index in [9.17, 15) is 0 Å². The fraction of sp³-hybridized carbons (Fsp3) is 0.692. The van der Waals surface area contributed by atoms with E-state index in [0.717, 1.165) is 19.6 Å². The van der Waals surface area contributed by atoms with Crippen LogP contribution in [0.1, 0.15) is 13.3 Å². The molecule has 0 atom stereocenters. The summed E-state index contributed by atoms with van der Waals surface area (Å²) >= 11 is 0. The second-order valence-corrected chi connectivity index (χ2v) is 4.35. The molecule has 1 N–H and O–H groups in total. The Bertz CT molecular complexity index is 257. The molecule has 0 saturated carbocycles. The topological polar surface area (TPSA) is 38.7 Å². The molecule has 88 valence electrons. The van der Waals surface area contributed by atoms with Gasteiger partial charge in [0.25, 0.3) is 0 Å². The molecule has 2 heterocycles. The van der Waals surface area contributed by atoms with Gasteiger partial charge in [0.15, 0.2) is 0 Å². The Morgan fingerprint density at radius 2 is 1.50 bits per heavy atom. The molecule has 0 aliphatic carbocycles. The molecule has 0 spiro atoms. The number of ether oxygens (including phenoxy) is 2. The normalized spacial score (nSPS) is 23.5. The number of terminal acetylenes is 2. The predicted octanol–water partition coefficient (Wildman–Crippen LogP) is 0.675. The van der Waals surface area contributed by atoms with Crippen molar-refractivity contribution in [1.29, 1.82) is 0 Å². The highest BCUT2D eigenvalue weighted by Crippen LogP contribution is 2.29. The molecule has 0 unspecified atom stereocenters. The fourth-order valence-corrected chi connectivity index (χ4v) is 1.31. The van der Waals surface area contributed by atoms with E-state index < -0.39 is 0 Å². The summed E-state index contributed by atoms with van der Waals surface area (Å²) in [7, 11) is 0. The van der Waals surface area contributed by atoms with E-state index in [-0.39, 0.29) is 17.4 Å². The van der Waals surface area contributed by atoms with Crippen molar-refractivity contribution in [3.05, 3.63) is 0 Å². The van der Waals surface area contributed by atoms with Crippen LogP contribution in [-0.2, 0) is 9.47 Å². The van der Waals surface area contributed by atoms with Gasteiger partial charge in [-0.15, -0.1) is 12.8 Å². The monoisotopic (exact) mass is 222 g/mol. The lowest BCUT2D eigenvalue weighted by atomic mass is 9.84. The van der Waals surface area contributed by atoms with E-state index in [1.54, 1.807) is 0 Å². The smallest absolute Gasteiger partial charge is 0.101 e. The fourth-order valence-electron chi connectivity index (χ4n) is 1.31. The molecule has 16 heavy (non-hydrogen) atoms. The average Bonchev–Trinajstić information content (AvgIpc) is 2.19. The van der Waals surface area contributed by atoms with Crippen LogP contribution >= 0.6 is 0 Å². The van der Waals surface area contributed by atoms with E-state index in [2.05, 4.69) is 18.8 Å². The third-order valence-electron chi connectivity index (χ3n) is 3.11. The van der Waals surface area contributed by atoms with Gasteiger partial charge in [-0.3, -0.25) is 0 Å². The van der Waals surface area contributed by atoms with Crippen LogP contribution in [0.2, 0.25) is 0 Å². The van der Waals surface area contributed by atoms with Crippen LogP contribution in [-0.4, -0.2) is 38.1 Å². The summed E-state index contributed by atoms with van der Waals surface area (Å²) in [5, 5.41) is 8.61. The summed E-state index contributed by atoms with van der Waals surface area (Å²) in [6.07, 6.45) is 11.4. The van der Waals surface area contributed by atoms with Gasteiger partial charge in [-0.25, -0.2) is 0 Å². The molecule has 2 aliphatic rings. The van der Waals surface area contributed by atoms with Crippen molar-refractivity contribution in [1.82, 2.24) is 0 Å². The van der Waals surface area contributed by atoms with Gasteiger partial charge in [0.05, 0.1) is 38.4 Å². The highest BCUT2D eigenvalue weighted by molar-refractivity contribution is 5.09. The van der Waals surface area contributed by atoms with Crippen LogP contribution in [0.4, 0.5) is 0 Å². The second kappa shape index (κ2) is 5.37. The largest absolute Gasteiger partial charge is 0.395 e. The van der Waals surface area contributed by atoms with Crippen LogP contribution < -0.4 is 0 Å². The summed E-state index contributed by atoms with van der Waals surface area (Å²) in [4.78, 5) is 0. The van der Waals surface area contributed by atoms with Crippen molar-refractivity contribution in [2.75, 3.05) is 33.0 Å². The predicted molar refractivity (Wildman–Crippen MR) is 61.5 cm³/mol. The van der Waals surface area contributed by atoms with Gasteiger partial charge in [0.1, 0.15) is 5.41 Å². The SMILES string of the molecule is C#CC1(CC)COC1.C#CC1(CO)COC1. The quantitative estimate of drug-likeness (QED) is 0.698. The lowest BCUT2D eigenvalue weighted by Crippen LogP contribution is -2.44. The number of aliphatic hydroxyl groups excluding tert-OH is 1. The van der Waals surface area contributed by atoms with Gasteiger partial charge in [0.2, 0.25) is 0 Å². The minimum atomic E-state index is -0.333. The molecular weight excluding hydrogens is 204 g/mol. The zero-order valence-electron chi connectivity index (χ0n) is 9.66. The number of aliphatic hydroxyl groups is 1. The van der Waals surface area contributed by atoms with E-state index in [1.165, 1.54) is 0 Å². The maximum atomic E-state index is 8.61. The van der Waals surface area contributed by atoms with Gasteiger partial charge in [-0.05, 0) is 6.42 Å². The Morgan fingerprint density at radius 3 is 1.50 bits per heavy atom. The molecular formula is C13H18O3. The third kappa shape index (κ3) is 2.57. The summed E-state index contributed by atoms with van der Waals surface area (Å²) in [6.45, 7) is 4.70. The third-order valence-corrected chi connectivity index (χ3v) is 3.11. The Kier molecular flexibility index (Phi) is 4.38. The molecule has 3 heteroatoms. The first-order valence-corrected chi connectivity index (χ1v) is 5.38. The molecule has 0 aromatic rings. The first-order valence-electron chi connectivity index (χ1n) is 5.38. The van der Waals surface area contributed by atoms with E-state index in [4.69, 9.17) is 27.4 Å². The molecule has 0 aromatic heterocycles. The zero-order valence-corrected chi connectivity index (χ0v) is 9.66. The summed E-state index contributed by atoms with van der Waals surface area (Å²) in [5.74, 6) is 5.23. The summed E-state index contributed by atoms with van der Waals surface area (Å²) in [6, 6.07) is 0. The first kappa shape index (κ1) is 13.1. The van der Waals surface area contributed by atoms with Crippen molar-refractivity contribution >= 4 is 0 Å². The molecule has 2 fully saturated rings. The maximum absolute atomic E-state index is 8.61. The van der Waals surface area contributed by atoms with Crippen LogP contribution in [0.5, 0.6) is 0 Å². The second-order valence-electron chi connectivity index (χ2n) is 4.35. The van der Waals surface area contributed by atoms with Gasteiger partial charge in [-0.2, -0.15) is 0 Å². The molecule has 2 rings (SSSR count). The Labute approximate surface area is 97.1 Å². The molecule has 3 nitrogen and oxygen atoms in total. The Hall–Kier alpha value is -1.00. The van der Waals surface area contributed by atoms with Gasteiger partial charge >= 0.3 is 0 Å². The molecule has 0 aromatic carbocycles. The summed E-state index contributed by atoms with van der Waals surface area (Å²) < 4.78 is 9.80. The van der Waals surface area contributed by atoms with Gasteiger partial charge < -0.3 is 14.6 Å². The molecule has 0 amide bonds. The van der Waals surface area contributed by atoms with Crippen molar-refractivity contribution < 1.29 is 14.6 Å². The van der Waals surface area contributed by atoms with Crippen LogP contribution in [0, 0.1) is 35.5 Å². The van der Waals surface area contributed by atoms with E-state index in [0.29, 0.717) is 13.2 Å². The van der Waals surface area contributed by atoms with Crippen molar-refractivity contribution in [2.45, 2.75) is 13.3 Å². The van der Waals surface area contributed by atoms with Crippen LogP contribution in [0.25, 0.3) is 0 Å². The zero-order chi connectivity index (χ0) is 12.1. The highest BCUT2D eigenvalue weighted by atomic mass is 16.5. The van der Waals surface area contributed by atoms with Gasteiger partial charge in [0, 0.05) is 0 Å². The van der Waals surface area contributed by atoms with E-state index >= 15 is 0 Å². The van der Waals surface area contributed by atoms with Crippen molar-refractivity contribution in [2.24, 2.45) is 10.8 Å². The summed E-state index contributed by atoms with van der Waals surface area (Å²) in [5.41, 5.74) is -0.222. The molecule has 2 saturated heterocycles. The lowest BCUT2D eigenvalue weighted by Gasteiger charge is -2.35.